The molecule has 0 aliphatic carbocycles. The van der Waals surface area contributed by atoms with Crippen LogP contribution in [0.25, 0.3) is 22.7 Å². The number of halogens is 3. The Kier molecular flexibility index (Phi) is 5.11. The van der Waals surface area contributed by atoms with Crippen LogP contribution < -0.4 is 4.74 Å². The summed E-state index contributed by atoms with van der Waals surface area (Å²) in [6.45, 7) is 3.21. The molecule has 0 spiro atoms. The van der Waals surface area contributed by atoms with E-state index in [1.54, 1.807) is 29.8 Å². The molecule has 12 heteroatoms. The lowest BCUT2D eigenvalue weighted by atomic mass is 10.2. The van der Waals surface area contributed by atoms with E-state index in [4.69, 9.17) is 9.47 Å². The molecule has 1 fully saturated rings. The van der Waals surface area contributed by atoms with Gasteiger partial charge in [0.15, 0.2) is 11.5 Å². The van der Waals surface area contributed by atoms with Gasteiger partial charge in [-0.3, -0.25) is 9.36 Å². The molecule has 0 saturated carbocycles. The van der Waals surface area contributed by atoms with Gasteiger partial charge in [0, 0.05) is 30.9 Å². The molecule has 1 amide bonds. The number of ether oxygens (including phenoxy) is 2. The van der Waals surface area contributed by atoms with Gasteiger partial charge in [-0.05, 0) is 41.1 Å². The van der Waals surface area contributed by atoms with E-state index in [1.165, 1.54) is 16.8 Å². The maximum Gasteiger partial charge on any atom is 0.274 e. The Labute approximate surface area is 206 Å². The van der Waals surface area contributed by atoms with E-state index in [0.29, 0.717) is 53.6 Å². The Morgan fingerprint density at radius 3 is 2.74 bits per heavy atom. The molecule has 1 saturated heterocycles. The quantitative estimate of drug-likeness (QED) is 0.377. The van der Waals surface area contributed by atoms with Crippen molar-refractivity contribution in [2.24, 2.45) is 0 Å². The largest absolute Gasteiger partial charge is 0.484 e. The number of nitrogens with zero attached hydrogens (tertiary/aromatic N) is 6. The number of hydrogen-bond donors (Lipinski definition) is 0. The van der Waals surface area contributed by atoms with E-state index in [2.05, 4.69) is 31.0 Å². The van der Waals surface area contributed by atoms with Crippen molar-refractivity contribution >= 4 is 32.9 Å². The summed E-state index contributed by atoms with van der Waals surface area (Å²) in [7, 11) is 1.68. The number of amides is 1. The van der Waals surface area contributed by atoms with Gasteiger partial charge in [0.25, 0.3) is 12.3 Å². The van der Waals surface area contributed by atoms with Crippen LogP contribution in [0.1, 0.15) is 33.7 Å². The first-order chi connectivity index (χ1) is 16.8. The minimum atomic E-state index is -2.77. The molecule has 0 unspecified atom stereocenters. The number of aromatic nitrogens is 5. The number of benzene rings is 1. The summed E-state index contributed by atoms with van der Waals surface area (Å²) < 4.78 is 42.7. The number of carbonyl (C=O) groups excluding carboxylic acids is 1. The normalized spacial score (nSPS) is 15.8. The van der Waals surface area contributed by atoms with E-state index in [-0.39, 0.29) is 29.1 Å². The van der Waals surface area contributed by atoms with Crippen molar-refractivity contribution in [3.63, 3.8) is 0 Å². The molecule has 3 aromatic heterocycles. The van der Waals surface area contributed by atoms with Gasteiger partial charge in [0.2, 0.25) is 0 Å². The lowest BCUT2D eigenvalue weighted by Crippen LogP contribution is -2.38. The second-order valence-electron chi connectivity index (χ2n) is 8.53. The molecule has 0 N–H and O–H groups in total. The lowest BCUT2D eigenvalue weighted by molar-refractivity contribution is -0.0799. The highest BCUT2D eigenvalue weighted by Crippen LogP contribution is 2.34. The van der Waals surface area contributed by atoms with Gasteiger partial charge in [0.1, 0.15) is 24.0 Å². The first-order valence-electron chi connectivity index (χ1n) is 10.9. The van der Waals surface area contributed by atoms with Crippen LogP contribution in [0.5, 0.6) is 5.75 Å². The second kappa shape index (κ2) is 8.09. The molecule has 35 heavy (non-hydrogen) atoms. The molecule has 180 valence electrons. The van der Waals surface area contributed by atoms with Crippen LogP contribution in [-0.2, 0) is 11.3 Å². The van der Waals surface area contributed by atoms with E-state index < -0.39 is 6.43 Å². The Morgan fingerprint density at radius 1 is 1.26 bits per heavy atom. The molecule has 0 atom stereocenters. The first kappa shape index (κ1) is 22.1. The van der Waals surface area contributed by atoms with Gasteiger partial charge < -0.3 is 14.4 Å². The van der Waals surface area contributed by atoms with Crippen LogP contribution in [0, 0.1) is 6.92 Å². The van der Waals surface area contributed by atoms with Crippen LogP contribution in [0.2, 0.25) is 0 Å². The number of carbonyl (C=O) groups is 1. The van der Waals surface area contributed by atoms with Gasteiger partial charge >= 0.3 is 0 Å². The third kappa shape index (κ3) is 3.50. The van der Waals surface area contributed by atoms with Crippen molar-refractivity contribution in [3.8, 4) is 17.4 Å². The molecule has 5 heterocycles. The van der Waals surface area contributed by atoms with Gasteiger partial charge in [-0.25, -0.2) is 23.4 Å². The summed E-state index contributed by atoms with van der Waals surface area (Å²) in [4.78, 5) is 23.0. The predicted octanol–water partition coefficient (Wildman–Crippen LogP) is 3.98. The van der Waals surface area contributed by atoms with Crippen LogP contribution >= 0.6 is 15.9 Å². The fourth-order valence-corrected chi connectivity index (χ4v) is 4.68. The SMILES string of the molecule is Cc1c2c(nn1-c1nc(-n3cnc4cc(OC5COC5)c(Br)cc43)ccc1C(F)F)C(=O)N(C)C2. The zero-order valence-corrected chi connectivity index (χ0v) is 20.3. The molecule has 9 nitrogen and oxygen atoms in total. The standard InChI is InChI=1S/C23H19BrF2N6O3/c1-11-14-7-30(2)23(33)20(14)29-32(11)22-13(21(25)26)3-4-19(28-22)31-10-27-16-6-18(15(24)5-17(16)31)35-12-8-34-9-12/h3-6,10,12,21H,7-9H2,1-2H3. The summed E-state index contributed by atoms with van der Waals surface area (Å²) in [5.74, 6) is 0.770. The van der Waals surface area contributed by atoms with Crippen LogP contribution in [-0.4, -0.2) is 61.5 Å². The highest BCUT2D eigenvalue weighted by molar-refractivity contribution is 9.10. The van der Waals surface area contributed by atoms with Gasteiger partial charge in [0.05, 0.1) is 34.3 Å². The number of imidazole rings is 1. The minimum absolute atomic E-state index is 0.00237. The number of fused-ring (bicyclic) bond motifs is 2. The van der Waals surface area contributed by atoms with E-state index in [0.717, 1.165) is 4.47 Å². The smallest absolute Gasteiger partial charge is 0.274 e. The van der Waals surface area contributed by atoms with Crippen molar-refractivity contribution in [1.82, 2.24) is 29.2 Å². The summed E-state index contributed by atoms with van der Waals surface area (Å²) in [5, 5.41) is 4.36. The molecule has 0 radical (unpaired) electrons. The summed E-state index contributed by atoms with van der Waals surface area (Å²) in [6, 6.07) is 6.51. The summed E-state index contributed by atoms with van der Waals surface area (Å²) in [6.07, 6.45) is -1.19. The maximum atomic E-state index is 13.9. The molecule has 6 rings (SSSR count). The third-order valence-electron chi connectivity index (χ3n) is 6.26. The topological polar surface area (TPSA) is 87.3 Å². The van der Waals surface area contributed by atoms with E-state index >= 15 is 0 Å². The predicted molar refractivity (Wildman–Crippen MR) is 124 cm³/mol. The molecule has 2 aliphatic rings. The van der Waals surface area contributed by atoms with Crippen molar-refractivity contribution in [2.75, 3.05) is 20.3 Å². The molecular weight excluding hydrogens is 526 g/mol. The second-order valence-corrected chi connectivity index (χ2v) is 9.39. The van der Waals surface area contributed by atoms with Crippen molar-refractivity contribution in [1.29, 1.82) is 0 Å². The third-order valence-corrected chi connectivity index (χ3v) is 6.88. The van der Waals surface area contributed by atoms with Crippen LogP contribution in [0.4, 0.5) is 8.78 Å². The maximum absolute atomic E-state index is 13.9. The molecule has 0 bridgehead atoms. The highest BCUT2D eigenvalue weighted by atomic mass is 79.9. The molecule has 4 aromatic rings. The Bertz CT molecular complexity index is 1500. The Morgan fingerprint density at radius 2 is 2.06 bits per heavy atom. The Hall–Kier alpha value is -3.38. The number of rotatable bonds is 5. The van der Waals surface area contributed by atoms with E-state index in [1.807, 2.05) is 12.1 Å². The van der Waals surface area contributed by atoms with E-state index in [9.17, 15) is 13.6 Å². The van der Waals surface area contributed by atoms with Gasteiger partial charge in [-0.15, -0.1) is 0 Å². The summed E-state index contributed by atoms with van der Waals surface area (Å²) in [5.41, 5.74) is 2.68. The fraction of sp³-hybridized carbons (Fsp3) is 0.304. The van der Waals surface area contributed by atoms with Crippen molar-refractivity contribution < 1.29 is 23.0 Å². The van der Waals surface area contributed by atoms with Crippen LogP contribution in [0.3, 0.4) is 0 Å². The highest BCUT2D eigenvalue weighted by Gasteiger charge is 2.32. The first-order valence-corrected chi connectivity index (χ1v) is 11.7. The van der Waals surface area contributed by atoms with Gasteiger partial charge in [-0.2, -0.15) is 5.10 Å². The zero-order valence-electron chi connectivity index (χ0n) is 18.7. The number of pyridine rings is 1. The zero-order chi connectivity index (χ0) is 24.4. The monoisotopic (exact) mass is 544 g/mol. The summed E-state index contributed by atoms with van der Waals surface area (Å²) >= 11 is 3.54. The average Bonchev–Trinajstić information content (AvgIpc) is 3.44. The Balaban J connectivity index is 1.45. The molecular formula is C23H19BrF2N6O3. The van der Waals surface area contributed by atoms with Crippen molar-refractivity contribution in [3.05, 3.63) is 57.6 Å². The molecule has 2 aliphatic heterocycles. The fourth-order valence-electron chi connectivity index (χ4n) is 4.26. The lowest BCUT2D eigenvalue weighted by Gasteiger charge is -2.27. The molecule has 1 aromatic carbocycles. The minimum Gasteiger partial charge on any atom is -0.484 e. The number of alkyl halides is 2. The average molecular weight is 545 g/mol. The van der Waals surface area contributed by atoms with Gasteiger partial charge in [-0.1, -0.05) is 0 Å². The van der Waals surface area contributed by atoms with Crippen LogP contribution in [0.15, 0.2) is 35.1 Å². The number of hydrogen-bond acceptors (Lipinski definition) is 6. The van der Waals surface area contributed by atoms with Crippen molar-refractivity contribution in [2.45, 2.75) is 26.0 Å².